The molecule has 12 rings (SSSR count). The Morgan fingerprint density at radius 1 is 0.545 bits per heavy atom. The number of rotatable bonds is 8. The van der Waals surface area contributed by atoms with E-state index in [9.17, 15) is 10.5 Å². The van der Waals surface area contributed by atoms with Crippen molar-refractivity contribution in [1.29, 1.82) is 10.5 Å². The summed E-state index contributed by atoms with van der Waals surface area (Å²) in [6.45, 7) is 9.35. The highest BCUT2D eigenvalue weighted by Gasteiger charge is 2.38. The highest BCUT2D eigenvalue weighted by Crippen LogP contribution is 2.56. The van der Waals surface area contributed by atoms with Crippen molar-refractivity contribution in [3.63, 3.8) is 0 Å². The molecule has 10 aromatic rings. The van der Waals surface area contributed by atoms with E-state index in [1.165, 1.54) is 73.4 Å². The first kappa shape index (κ1) is 40.1. The lowest BCUT2D eigenvalue weighted by Crippen LogP contribution is -2.28. The molecule has 2 unspecified atom stereocenters. The lowest BCUT2D eigenvalue weighted by molar-refractivity contribution is 0.426. The quantitative estimate of drug-likeness (QED) is 0.153. The van der Waals surface area contributed by atoms with Gasteiger partial charge in [0.2, 0.25) is 0 Å². The maximum Gasteiger partial charge on any atom is 0.0991 e. The molecule has 2 heterocycles. The lowest BCUT2D eigenvalue weighted by atomic mass is 9.68. The van der Waals surface area contributed by atoms with Crippen LogP contribution in [-0.4, -0.2) is 0 Å². The van der Waals surface area contributed by atoms with Gasteiger partial charge in [-0.3, -0.25) is 0 Å². The zero-order chi connectivity index (χ0) is 44.8. The number of nitriles is 2. The van der Waals surface area contributed by atoms with Crippen LogP contribution in [0.4, 0.5) is 28.4 Å². The summed E-state index contributed by atoms with van der Waals surface area (Å²) in [5.74, 6) is 0.949. The van der Waals surface area contributed by atoms with Gasteiger partial charge in [0.1, 0.15) is 0 Å². The van der Waals surface area contributed by atoms with Crippen LogP contribution < -0.4 is 9.80 Å². The van der Waals surface area contributed by atoms with Crippen molar-refractivity contribution in [3.05, 3.63) is 197 Å². The normalized spacial score (nSPS) is 15.2. The zero-order valence-corrected chi connectivity index (χ0v) is 38.7. The molecule has 2 aliphatic carbocycles. The van der Waals surface area contributed by atoms with Gasteiger partial charge in [0, 0.05) is 59.4 Å². The predicted molar refractivity (Wildman–Crippen MR) is 281 cm³/mol. The van der Waals surface area contributed by atoms with Gasteiger partial charge >= 0.3 is 0 Å². The fourth-order valence-corrected chi connectivity index (χ4v) is 13.2. The Labute approximate surface area is 392 Å². The van der Waals surface area contributed by atoms with Crippen molar-refractivity contribution in [3.8, 4) is 12.1 Å². The first-order valence-electron chi connectivity index (χ1n) is 22.8. The molecular weight excluding hydrogens is 841 g/mol. The molecule has 0 N–H and O–H groups in total. The molecule has 6 heteroatoms. The third kappa shape index (κ3) is 6.13. The molecular formula is C60H44N4S2. The largest absolute Gasteiger partial charge is 0.309 e. The van der Waals surface area contributed by atoms with E-state index in [0.29, 0.717) is 17.0 Å². The summed E-state index contributed by atoms with van der Waals surface area (Å²) < 4.78 is 4.99. The van der Waals surface area contributed by atoms with Crippen LogP contribution >= 0.6 is 22.7 Å². The topological polar surface area (TPSA) is 54.1 Å². The summed E-state index contributed by atoms with van der Waals surface area (Å²) in [5.41, 5.74) is 12.9. The van der Waals surface area contributed by atoms with Crippen LogP contribution in [0.25, 0.3) is 62.9 Å². The fraction of sp³-hybridized carbons (Fsp3) is 0.133. The smallest absolute Gasteiger partial charge is 0.0991 e. The van der Waals surface area contributed by atoms with Gasteiger partial charge in [-0.1, -0.05) is 119 Å². The van der Waals surface area contributed by atoms with E-state index in [4.69, 9.17) is 0 Å². The number of allylic oxidation sites excluding steroid dienone is 2. The van der Waals surface area contributed by atoms with E-state index in [0.717, 1.165) is 34.1 Å². The van der Waals surface area contributed by atoms with Crippen molar-refractivity contribution in [2.45, 2.75) is 39.5 Å². The number of nitrogens with zero attached hydrogens (tertiary/aromatic N) is 4. The lowest BCUT2D eigenvalue weighted by Gasteiger charge is -2.41. The second-order valence-corrected chi connectivity index (χ2v) is 20.4. The average molecular weight is 885 g/mol. The Balaban J connectivity index is 1.16. The summed E-state index contributed by atoms with van der Waals surface area (Å²) >= 11 is 3.68. The molecule has 66 heavy (non-hydrogen) atoms. The van der Waals surface area contributed by atoms with Crippen LogP contribution in [0.15, 0.2) is 164 Å². The van der Waals surface area contributed by atoms with E-state index < -0.39 is 0 Å². The molecule has 0 saturated carbocycles. The van der Waals surface area contributed by atoms with Crippen molar-refractivity contribution < 1.29 is 0 Å². The van der Waals surface area contributed by atoms with Gasteiger partial charge < -0.3 is 9.80 Å². The average Bonchev–Trinajstić information content (AvgIpc) is 3.94. The van der Waals surface area contributed by atoms with Gasteiger partial charge in [-0.25, -0.2) is 0 Å². The van der Waals surface area contributed by atoms with Gasteiger partial charge in [0.25, 0.3) is 0 Å². The van der Waals surface area contributed by atoms with Crippen molar-refractivity contribution in [2.75, 3.05) is 9.80 Å². The van der Waals surface area contributed by atoms with E-state index >= 15 is 0 Å². The maximum atomic E-state index is 9.92. The van der Waals surface area contributed by atoms with Crippen LogP contribution in [-0.2, 0) is 0 Å². The molecule has 0 spiro atoms. The number of anilines is 5. The third-order valence-electron chi connectivity index (χ3n) is 13.9. The summed E-state index contributed by atoms with van der Waals surface area (Å²) in [4.78, 5) is 4.92. The first-order chi connectivity index (χ1) is 32.3. The number of benzene rings is 8. The molecule has 2 aliphatic rings. The summed E-state index contributed by atoms with van der Waals surface area (Å²) in [5, 5.41) is 27.4. The van der Waals surface area contributed by atoms with Crippen LogP contribution in [0.1, 0.15) is 72.9 Å². The number of hydrogen-bond donors (Lipinski definition) is 0. The first-order valence-corrected chi connectivity index (χ1v) is 24.4. The van der Waals surface area contributed by atoms with Crippen molar-refractivity contribution in [1.82, 2.24) is 0 Å². The van der Waals surface area contributed by atoms with Crippen molar-refractivity contribution >= 4 is 114 Å². The number of hydrogen-bond acceptors (Lipinski definition) is 6. The fourth-order valence-electron chi connectivity index (χ4n) is 10.8. The molecule has 0 aliphatic heterocycles. The molecule has 0 bridgehead atoms. The van der Waals surface area contributed by atoms with E-state index in [2.05, 4.69) is 195 Å². The van der Waals surface area contributed by atoms with Gasteiger partial charge in [0.05, 0.1) is 55.4 Å². The molecule has 0 radical (unpaired) electrons. The second-order valence-electron chi connectivity index (χ2n) is 18.3. The molecule has 0 fully saturated rings. The van der Waals surface area contributed by atoms with E-state index in [1.807, 2.05) is 46.9 Å². The number of thiophene rings is 2. The number of fused-ring (bicyclic) bond motifs is 6. The molecule has 8 aromatic carbocycles. The van der Waals surface area contributed by atoms with Crippen LogP contribution in [0.5, 0.6) is 0 Å². The minimum absolute atomic E-state index is 0.160. The Hall–Kier alpha value is -7.48. The summed E-state index contributed by atoms with van der Waals surface area (Å²) in [6.07, 6.45) is 7.43. The third-order valence-corrected chi connectivity index (χ3v) is 16.3. The molecule has 2 atom stereocenters. The van der Waals surface area contributed by atoms with Crippen LogP contribution in [0, 0.1) is 34.5 Å². The molecule has 2 aromatic heterocycles. The Morgan fingerprint density at radius 3 is 1.65 bits per heavy atom. The van der Waals surface area contributed by atoms with Gasteiger partial charge in [-0.2, -0.15) is 10.5 Å². The summed E-state index contributed by atoms with van der Waals surface area (Å²) in [6, 6.07) is 59.0. The second kappa shape index (κ2) is 15.6. The Bertz CT molecular complexity index is 3760. The molecule has 0 saturated heterocycles. The maximum absolute atomic E-state index is 9.92. The monoisotopic (exact) mass is 884 g/mol. The molecule has 0 amide bonds. The van der Waals surface area contributed by atoms with E-state index in [-0.39, 0.29) is 17.8 Å². The highest BCUT2D eigenvalue weighted by molar-refractivity contribution is 7.26. The van der Waals surface area contributed by atoms with Gasteiger partial charge in [0.15, 0.2) is 0 Å². The minimum Gasteiger partial charge on any atom is -0.309 e. The summed E-state index contributed by atoms with van der Waals surface area (Å²) in [7, 11) is 0. The molecule has 316 valence electrons. The van der Waals surface area contributed by atoms with Crippen LogP contribution in [0.3, 0.4) is 0 Å². The molecule has 4 nitrogen and oxygen atoms in total. The SMILES string of the molecule is CC(C)c1cc(N(c2ccc(C#N)cc2)c2cccc3c2sc2ccccc23)c2c3c4c(ccc13)C(N(c1ccc(C#N)cc1)c1cccc3c1sc1ccccc13)=CC(C(C)C)C4C=C2. The van der Waals surface area contributed by atoms with Crippen molar-refractivity contribution in [2.24, 2.45) is 11.8 Å². The van der Waals surface area contributed by atoms with Gasteiger partial charge in [-0.05, 0) is 119 Å². The van der Waals surface area contributed by atoms with Gasteiger partial charge in [-0.15, -0.1) is 22.7 Å². The highest BCUT2D eigenvalue weighted by atomic mass is 32.1. The Kier molecular flexibility index (Phi) is 9.47. The zero-order valence-electron chi connectivity index (χ0n) is 37.1. The predicted octanol–water partition coefficient (Wildman–Crippen LogP) is 17.5. The Morgan fingerprint density at radius 2 is 1.09 bits per heavy atom. The standard InChI is InChI=1S/C60H44N4S2/c1-35(2)49-31-53(63(39-23-19-37(33-61)20-24-39)51-15-9-13-45-41-11-5-7-17-55(41)65-59(45)51)47-30-28-44-50(36(3)4)32-54(48-29-27-43(49)57(47)58(44)48)64(40-25-21-38(34-62)22-26-40)52-16-10-14-46-42-12-6-8-18-56(42)66-60(46)52/h5-32,35-36,43,49H,1-4H3. The minimum atomic E-state index is 0.160. The van der Waals surface area contributed by atoms with E-state index in [1.54, 1.807) is 0 Å². The van der Waals surface area contributed by atoms with Crippen LogP contribution in [0.2, 0.25) is 0 Å².